The van der Waals surface area contributed by atoms with Crippen LogP contribution in [0.15, 0.2) is 10.4 Å². The highest BCUT2D eigenvalue weighted by atomic mass is 127. The fourth-order valence-corrected chi connectivity index (χ4v) is 2.44. The minimum absolute atomic E-state index is 0. The molecular weight excluding hydrogens is 363 g/mol. The number of halogens is 1. The van der Waals surface area contributed by atoms with Crippen molar-refractivity contribution in [3.63, 3.8) is 0 Å². The van der Waals surface area contributed by atoms with Crippen molar-refractivity contribution in [1.29, 1.82) is 0 Å². The van der Waals surface area contributed by atoms with Gasteiger partial charge in [0.15, 0.2) is 5.96 Å². The lowest BCUT2D eigenvalue weighted by Gasteiger charge is -2.14. The maximum absolute atomic E-state index is 5.24. The minimum Gasteiger partial charge on any atom is -0.375 e. The van der Waals surface area contributed by atoms with Gasteiger partial charge in [-0.1, -0.05) is 0 Å². The highest BCUT2D eigenvalue weighted by molar-refractivity contribution is 14.0. The van der Waals surface area contributed by atoms with Gasteiger partial charge in [0, 0.05) is 26.1 Å². The summed E-state index contributed by atoms with van der Waals surface area (Å²) in [4.78, 5) is 11.0. The minimum atomic E-state index is 0. The topological polar surface area (TPSA) is 49.8 Å². The van der Waals surface area contributed by atoms with E-state index in [4.69, 9.17) is 4.74 Å². The Bertz CT molecular complexity index is 410. The Kier molecular flexibility index (Phi) is 6.30. The van der Waals surface area contributed by atoms with E-state index in [1.165, 1.54) is 0 Å². The normalized spacial score (nSPS) is 16.2. The summed E-state index contributed by atoms with van der Waals surface area (Å²) in [5.41, 5.74) is 1.04. The molecule has 1 N–H and O–H groups in total. The summed E-state index contributed by atoms with van der Waals surface area (Å²) >= 11 is 1.64. The SMILES string of the molecule is COC(C)c1nc(CNC2=NCCN2C)cs1.I. The molecule has 0 fully saturated rings. The summed E-state index contributed by atoms with van der Waals surface area (Å²) < 4.78 is 5.24. The van der Waals surface area contributed by atoms with Gasteiger partial charge in [0.25, 0.3) is 0 Å². The number of aromatic nitrogens is 1. The van der Waals surface area contributed by atoms with Gasteiger partial charge in [-0.3, -0.25) is 4.99 Å². The molecule has 1 aliphatic rings. The Morgan fingerprint density at radius 2 is 2.39 bits per heavy atom. The number of guanidine groups is 1. The van der Waals surface area contributed by atoms with Gasteiger partial charge in [0.05, 0.1) is 18.8 Å². The van der Waals surface area contributed by atoms with E-state index in [-0.39, 0.29) is 30.1 Å². The second-order valence-corrected chi connectivity index (χ2v) is 4.93. The summed E-state index contributed by atoms with van der Waals surface area (Å²) in [6.45, 7) is 4.59. The standard InChI is InChI=1S/C11H18N4OS.HI/c1-8(16-3)10-14-9(7-17-10)6-13-11-12-4-5-15(11)2;/h7-8H,4-6H2,1-3H3,(H,12,13);1H. The van der Waals surface area contributed by atoms with Crippen LogP contribution in [-0.4, -0.2) is 43.1 Å². The largest absolute Gasteiger partial charge is 0.375 e. The van der Waals surface area contributed by atoms with Crippen LogP contribution < -0.4 is 5.32 Å². The van der Waals surface area contributed by atoms with Crippen LogP contribution in [0.25, 0.3) is 0 Å². The van der Waals surface area contributed by atoms with Gasteiger partial charge in [-0.05, 0) is 6.92 Å². The van der Waals surface area contributed by atoms with E-state index < -0.39 is 0 Å². The number of methoxy groups -OCH3 is 1. The smallest absolute Gasteiger partial charge is 0.194 e. The van der Waals surface area contributed by atoms with Gasteiger partial charge >= 0.3 is 0 Å². The van der Waals surface area contributed by atoms with E-state index in [2.05, 4.69) is 25.6 Å². The number of hydrogen-bond donors (Lipinski definition) is 1. The van der Waals surface area contributed by atoms with Crippen molar-refractivity contribution in [3.05, 3.63) is 16.1 Å². The maximum atomic E-state index is 5.24. The summed E-state index contributed by atoms with van der Waals surface area (Å²) in [5, 5.41) is 6.38. The molecule has 0 amide bonds. The number of likely N-dealkylation sites (N-methyl/N-ethyl adjacent to an activating group) is 1. The zero-order valence-electron chi connectivity index (χ0n) is 10.8. The molecular formula is C11H19IN4OS. The molecule has 1 unspecified atom stereocenters. The van der Waals surface area contributed by atoms with E-state index in [0.717, 1.165) is 36.3 Å². The van der Waals surface area contributed by atoms with Crippen LogP contribution >= 0.6 is 35.3 Å². The molecule has 1 aliphatic heterocycles. The van der Waals surface area contributed by atoms with Crippen LogP contribution in [0.2, 0.25) is 0 Å². The van der Waals surface area contributed by atoms with Gasteiger partial charge in [0.1, 0.15) is 11.1 Å². The van der Waals surface area contributed by atoms with Crippen LogP contribution in [0.4, 0.5) is 0 Å². The first-order valence-corrected chi connectivity index (χ1v) is 6.55. The number of ether oxygens (including phenoxy) is 1. The summed E-state index contributed by atoms with van der Waals surface area (Å²) in [7, 11) is 3.74. The van der Waals surface area contributed by atoms with Crippen LogP contribution in [0.5, 0.6) is 0 Å². The van der Waals surface area contributed by atoms with Crippen molar-refractivity contribution in [3.8, 4) is 0 Å². The highest BCUT2D eigenvalue weighted by Gasteiger charge is 2.13. The number of nitrogens with one attached hydrogen (secondary N) is 1. The Balaban J connectivity index is 0.00000162. The van der Waals surface area contributed by atoms with Gasteiger partial charge in [-0.25, -0.2) is 4.98 Å². The fourth-order valence-electron chi connectivity index (χ4n) is 1.58. The van der Waals surface area contributed by atoms with Crippen LogP contribution in [0, 0.1) is 0 Å². The van der Waals surface area contributed by atoms with E-state index in [0.29, 0.717) is 0 Å². The molecule has 0 radical (unpaired) electrons. The second kappa shape index (κ2) is 7.25. The molecule has 2 rings (SSSR count). The summed E-state index contributed by atoms with van der Waals surface area (Å²) in [6, 6.07) is 0. The Labute approximate surface area is 129 Å². The number of hydrogen-bond acceptors (Lipinski definition) is 6. The molecule has 1 aromatic heterocycles. The average molecular weight is 382 g/mol. The van der Waals surface area contributed by atoms with Crippen LogP contribution in [0.1, 0.15) is 23.7 Å². The molecule has 0 aliphatic carbocycles. The summed E-state index contributed by atoms with van der Waals surface area (Å²) in [6.07, 6.45) is 0.0697. The van der Waals surface area contributed by atoms with Crippen molar-refractivity contribution in [2.45, 2.75) is 19.6 Å². The zero-order valence-corrected chi connectivity index (χ0v) is 14.0. The number of nitrogens with zero attached hydrogens (tertiary/aromatic N) is 3. The van der Waals surface area contributed by atoms with Crippen molar-refractivity contribution in [2.75, 3.05) is 27.2 Å². The first kappa shape index (κ1) is 15.6. The second-order valence-electron chi connectivity index (χ2n) is 4.04. The first-order valence-electron chi connectivity index (χ1n) is 5.67. The lowest BCUT2D eigenvalue weighted by atomic mass is 10.4. The van der Waals surface area contributed by atoms with Gasteiger partial charge in [-0.15, -0.1) is 35.3 Å². The maximum Gasteiger partial charge on any atom is 0.194 e. The predicted octanol–water partition coefficient (Wildman–Crippen LogP) is 1.86. The molecule has 1 atom stereocenters. The third-order valence-corrected chi connectivity index (χ3v) is 3.81. The zero-order chi connectivity index (χ0) is 12.3. The Hall–Kier alpha value is -0.410. The molecule has 18 heavy (non-hydrogen) atoms. The van der Waals surface area contributed by atoms with Crippen molar-refractivity contribution < 1.29 is 4.74 Å². The predicted molar refractivity (Wildman–Crippen MR) is 84.7 cm³/mol. The van der Waals surface area contributed by atoms with Gasteiger partial charge < -0.3 is 15.0 Å². The van der Waals surface area contributed by atoms with E-state index >= 15 is 0 Å². The molecule has 0 saturated heterocycles. The third kappa shape index (κ3) is 3.79. The monoisotopic (exact) mass is 382 g/mol. The molecule has 7 heteroatoms. The molecule has 0 aromatic carbocycles. The van der Waals surface area contributed by atoms with E-state index in [1.807, 2.05) is 14.0 Å². The number of rotatable bonds is 4. The molecule has 0 bridgehead atoms. The van der Waals surface area contributed by atoms with Crippen molar-refractivity contribution >= 4 is 41.3 Å². The van der Waals surface area contributed by atoms with Gasteiger partial charge in [0.2, 0.25) is 0 Å². The molecule has 0 saturated carbocycles. The Morgan fingerprint density at radius 1 is 1.61 bits per heavy atom. The van der Waals surface area contributed by atoms with Gasteiger partial charge in [-0.2, -0.15) is 0 Å². The molecule has 2 heterocycles. The molecule has 5 nitrogen and oxygen atoms in total. The van der Waals surface area contributed by atoms with Crippen molar-refractivity contribution in [1.82, 2.24) is 15.2 Å². The van der Waals surface area contributed by atoms with Crippen molar-refractivity contribution in [2.24, 2.45) is 4.99 Å². The lowest BCUT2D eigenvalue weighted by molar-refractivity contribution is 0.119. The molecule has 0 spiro atoms. The van der Waals surface area contributed by atoms with E-state index in [9.17, 15) is 0 Å². The van der Waals surface area contributed by atoms with Crippen LogP contribution in [-0.2, 0) is 11.3 Å². The Morgan fingerprint density at radius 3 is 3.00 bits per heavy atom. The molecule has 102 valence electrons. The quantitative estimate of drug-likeness (QED) is 0.808. The lowest BCUT2D eigenvalue weighted by Crippen LogP contribution is -2.35. The third-order valence-electron chi connectivity index (χ3n) is 2.76. The highest BCUT2D eigenvalue weighted by Crippen LogP contribution is 2.20. The van der Waals surface area contributed by atoms with E-state index in [1.54, 1.807) is 18.4 Å². The average Bonchev–Trinajstić information content (AvgIpc) is 2.94. The number of thiazole rings is 1. The number of aliphatic imine (C=N–C) groups is 1. The summed E-state index contributed by atoms with van der Waals surface area (Å²) in [5.74, 6) is 0.958. The first-order chi connectivity index (χ1) is 8.20. The fraction of sp³-hybridized carbons (Fsp3) is 0.636. The molecule has 1 aromatic rings. The van der Waals surface area contributed by atoms with Crippen LogP contribution in [0.3, 0.4) is 0 Å².